The second-order valence-corrected chi connectivity index (χ2v) is 6.01. The number of benzene rings is 3. The van der Waals surface area contributed by atoms with Crippen molar-refractivity contribution in [2.75, 3.05) is 11.9 Å². The molecule has 1 N–H and O–H groups in total. The number of fused-ring (bicyclic) bond motifs is 3. The zero-order valence-electron chi connectivity index (χ0n) is 14.3. The summed E-state index contributed by atoms with van der Waals surface area (Å²) in [6, 6.07) is 15.6. The van der Waals surface area contributed by atoms with Crippen LogP contribution in [0.2, 0.25) is 0 Å². The fraction of sp³-hybridized carbons (Fsp3) is 0.0500. The normalized spacial score (nSPS) is 10.9. The zero-order valence-corrected chi connectivity index (χ0v) is 14.3. The number of nitrogens with one attached hydrogen (secondary N) is 1. The molecule has 1 amide bonds. The third-order valence-electron chi connectivity index (χ3n) is 4.15. The Kier molecular flexibility index (Phi) is 4.36. The second kappa shape index (κ2) is 6.99. The van der Waals surface area contributed by atoms with Crippen LogP contribution in [0.1, 0.15) is 0 Å². The number of nitrogens with zero attached hydrogens (tertiary/aromatic N) is 1. The maximum absolute atomic E-state index is 13.8. The quantitative estimate of drug-likeness (QED) is 0.402. The van der Waals surface area contributed by atoms with Crippen LogP contribution in [-0.4, -0.2) is 17.4 Å². The van der Waals surface area contributed by atoms with Gasteiger partial charge in [0.1, 0.15) is 22.7 Å². The molecule has 0 aliphatic rings. The number of non-ortho nitro benzene ring substituents is 1. The van der Waals surface area contributed by atoms with Crippen LogP contribution in [0.15, 0.2) is 65.1 Å². The summed E-state index contributed by atoms with van der Waals surface area (Å²) in [5.74, 6) is -0.976. The molecule has 3 aromatic carbocycles. The van der Waals surface area contributed by atoms with Crippen LogP contribution in [0.5, 0.6) is 5.75 Å². The van der Waals surface area contributed by atoms with Crippen molar-refractivity contribution in [1.82, 2.24) is 0 Å². The van der Waals surface area contributed by atoms with Crippen molar-refractivity contribution >= 4 is 39.2 Å². The number of halogens is 1. The number of hydrogen-bond donors (Lipinski definition) is 1. The number of nitro benzene ring substituents is 1. The summed E-state index contributed by atoms with van der Waals surface area (Å²) >= 11 is 0. The van der Waals surface area contributed by atoms with Crippen molar-refractivity contribution in [1.29, 1.82) is 0 Å². The molecule has 0 aliphatic carbocycles. The van der Waals surface area contributed by atoms with E-state index < -0.39 is 16.6 Å². The summed E-state index contributed by atoms with van der Waals surface area (Å²) in [6.45, 7) is -0.385. The van der Waals surface area contributed by atoms with Crippen LogP contribution < -0.4 is 10.1 Å². The van der Waals surface area contributed by atoms with E-state index in [1.807, 2.05) is 24.3 Å². The van der Waals surface area contributed by atoms with Gasteiger partial charge in [-0.3, -0.25) is 14.9 Å². The molecule has 0 radical (unpaired) electrons. The molecule has 0 saturated heterocycles. The molecule has 0 aliphatic heterocycles. The summed E-state index contributed by atoms with van der Waals surface area (Å²) < 4.78 is 25.0. The molecule has 1 aromatic heterocycles. The molecule has 140 valence electrons. The largest absolute Gasteiger partial charge is 0.484 e. The molecule has 0 fully saturated rings. The van der Waals surface area contributed by atoms with Gasteiger partial charge >= 0.3 is 0 Å². The van der Waals surface area contributed by atoms with Gasteiger partial charge in [-0.05, 0) is 30.3 Å². The van der Waals surface area contributed by atoms with E-state index >= 15 is 0 Å². The monoisotopic (exact) mass is 380 g/mol. The highest BCUT2D eigenvalue weighted by Crippen LogP contribution is 2.31. The molecule has 0 atom stereocenters. The highest BCUT2D eigenvalue weighted by Gasteiger charge is 2.14. The summed E-state index contributed by atoms with van der Waals surface area (Å²) in [5, 5.41) is 14.8. The summed E-state index contributed by atoms with van der Waals surface area (Å²) in [6.07, 6.45) is 0. The van der Waals surface area contributed by atoms with E-state index in [1.165, 1.54) is 0 Å². The minimum absolute atomic E-state index is 0.279. The first kappa shape index (κ1) is 17.5. The predicted molar refractivity (Wildman–Crippen MR) is 101 cm³/mol. The number of carbonyl (C=O) groups is 1. The van der Waals surface area contributed by atoms with Gasteiger partial charge in [-0.1, -0.05) is 18.2 Å². The summed E-state index contributed by atoms with van der Waals surface area (Å²) in [4.78, 5) is 22.2. The van der Waals surface area contributed by atoms with Crippen LogP contribution in [0, 0.1) is 15.9 Å². The summed E-state index contributed by atoms with van der Waals surface area (Å²) in [5.41, 5.74) is 0.833. The Morgan fingerprint density at radius 1 is 1.07 bits per heavy atom. The Labute approximate surface area is 157 Å². The number of nitro groups is 1. The second-order valence-electron chi connectivity index (χ2n) is 6.01. The number of anilines is 1. The Morgan fingerprint density at radius 2 is 1.86 bits per heavy atom. The highest BCUT2D eigenvalue weighted by atomic mass is 19.1. The van der Waals surface area contributed by atoms with Gasteiger partial charge in [-0.25, -0.2) is 4.39 Å². The topological polar surface area (TPSA) is 94.6 Å². The number of amides is 1. The molecule has 0 saturated carbocycles. The highest BCUT2D eigenvalue weighted by molar-refractivity contribution is 6.05. The van der Waals surface area contributed by atoms with E-state index in [0.29, 0.717) is 11.3 Å². The predicted octanol–water partition coefficient (Wildman–Crippen LogP) is 4.65. The Balaban J connectivity index is 1.48. The zero-order chi connectivity index (χ0) is 19.7. The third-order valence-corrected chi connectivity index (χ3v) is 4.15. The molecular formula is C20H13FN2O5. The number of carbonyl (C=O) groups excluding carboxylic acids is 1. The van der Waals surface area contributed by atoms with E-state index in [0.717, 1.165) is 34.6 Å². The van der Waals surface area contributed by atoms with Crippen molar-refractivity contribution in [3.63, 3.8) is 0 Å². The first-order chi connectivity index (χ1) is 13.5. The van der Waals surface area contributed by atoms with Crippen molar-refractivity contribution in [3.05, 3.63) is 76.6 Å². The van der Waals surface area contributed by atoms with E-state index in [2.05, 4.69) is 5.32 Å². The van der Waals surface area contributed by atoms with Gasteiger partial charge in [-0.2, -0.15) is 0 Å². The van der Waals surface area contributed by atoms with Gasteiger partial charge in [-0.15, -0.1) is 0 Å². The lowest BCUT2D eigenvalue weighted by molar-refractivity contribution is -0.384. The molecule has 1 heterocycles. The van der Waals surface area contributed by atoms with Crippen LogP contribution >= 0.6 is 0 Å². The molecule has 8 heteroatoms. The van der Waals surface area contributed by atoms with Gasteiger partial charge < -0.3 is 14.5 Å². The Hall–Kier alpha value is -3.94. The standard InChI is InChI=1S/C20H13FN2O5/c21-16-7-5-12(23(25)26)9-17(16)22-20(24)11-27-13-6-8-19-15(10-13)14-3-1-2-4-18(14)28-19/h1-10H,11H2,(H,22,24). The third kappa shape index (κ3) is 3.35. The molecule has 0 unspecified atom stereocenters. The number of ether oxygens (including phenoxy) is 1. The van der Waals surface area contributed by atoms with Gasteiger partial charge in [0.25, 0.3) is 11.6 Å². The Bertz CT molecular complexity index is 1220. The molecule has 4 rings (SSSR count). The lowest BCUT2D eigenvalue weighted by atomic mass is 10.1. The van der Waals surface area contributed by atoms with Gasteiger partial charge in [0.2, 0.25) is 0 Å². The van der Waals surface area contributed by atoms with E-state index in [-0.39, 0.29) is 18.0 Å². The Morgan fingerprint density at radius 3 is 2.68 bits per heavy atom. The van der Waals surface area contributed by atoms with Gasteiger partial charge in [0.15, 0.2) is 6.61 Å². The van der Waals surface area contributed by atoms with Crippen LogP contribution in [-0.2, 0) is 4.79 Å². The van der Waals surface area contributed by atoms with E-state index in [9.17, 15) is 19.3 Å². The van der Waals surface area contributed by atoms with E-state index in [4.69, 9.17) is 9.15 Å². The molecule has 0 bridgehead atoms. The fourth-order valence-corrected chi connectivity index (χ4v) is 2.85. The van der Waals surface area contributed by atoms with Gasteiger partial charge in [0.05, 0.1) is 10.6 Å². The molecule has 0 spiro atoms. The first-order valence-corrected chi connectivity index (χ1v) is 8.29. The molecule has 4 aromatic rings. The number of hydrogen-bond acceptors (Lipinski definition) is 5. The maximum atomic E-state index is 13.8. The van der Waals surface area contributed by atoms with E-state index in [1.54, 1.807) is 18.2 Å². The van der Waals surface area contributed by atoms with Gasteiger partial charge in [0, 0.05) is 22.9 Å². The van der Waals surface area contributed by atoms with Crippen LogP contribution in [0.4, 0.5) is 15.8 Å². The minimum Gasteiger partial charge on any atom is -0.484 e. The molecular weight excluding hydrogens is 367 g/mol. The number of rotatable bonds is 5. The van der Waals surface area contributed by atoms with Crippen LogP contribution in [0.3, 0.4) is 0 Å². The average Bonchev–Trinajstić information content (AvgIpc) is 3.06. The van der Waals surface area contributed by atoms with Crippen molar-refractivity contribution < 1.29 is 23.3 Å². The van der Waals surface area contributed by atoms with Crippen molar-refractivity contribution in [2.24, 2.45) is 0 Å². The smallest absolute Gasteiger partial charge is 0.271 e. The SMILES string of the molecule is O=C(COc1ccc2oc3ccccc3c2c1)Nc1cc([N+](=O)[O-])ccc1F. The molecule has 28 heavy (non-hydrogen) atoms. The first-order valence-electron chi connectivity index (χ1n) is 8.29. The summed E-state index contributed by atoms with van der Waals surface area (Å²) in [7, 11) is 0. The lowest BCUT2D eigenvalue weighted by Gasteiger charge is -2.08. The molecule has 7 nitrogen and oxygen atoms in total. The number of para-hydroxylation sites is 1. The average molecular weight is 380 g/mol. The van der Waals surface area contributed by atoms with Crippen molar-refractivity contribution in [2.45, 2.75) is 0 Å². The maximum Gasteiger partial charge on any atom is 0.271 e. The fourth-order valence-electron chi connectivity index (χ4n) is 2.85. The minimum atomic E-state index is -0.773. The number of furan rings is 1. The lowest BCUT2D eigenvalue weighted by Crippen LogP contribution is -2.20. The van der Waals surface area contributed by atoms with Crippen LogP contribution in [0.25, 0.3) is 21.9 Å². The van der Waals surface area contributed by atoms with Crippen molar-refractivity contribution in [3.8, 4) is 5.75 Å².